The molecule has 0 aliphatic heterocycles. The monoisotopic (exact) mass is 348 g/mol. The summed E-state index contributed by atoms with van der Waals surface area (Å²) >= 11 is 0. The Balaban J connectivity index is 3.27. The van der Waals surface area contributed by atoms with E-state index in [0.29, 0.717) is 6.42 Å². The number of halogens is 6. The van der Waals surface area contributed by atoms with Gasteiger partial charge in [-0.1, -0.05) is 19.3 Å². The second kappa shape index (κ2) is 6.79. The molecule has 0 unspecified atom stereocenters. The Morgan fingerprint density at radius 2 is 1.39 bits per heavy atom. The predicted octanol–water partition coefficient (Wildman–Crippen LogP) is 3.61. The van der Waals surface area contributed by atoms with Gasteiger partial charge in [-0.3, -0.25) is 0 Å². The fourth-order valence-electron chi connectivity index (χ4n) is 2.66. The van der Waals surface area contributed by atoms with E-state index in [9.17, 15) is 35.9 Å². The molecule has 132 valence electrons. The first-order valence-electron chi connectivity index (χ1n) is 6.69. The fourth-order valence-corrected chi connectivity index (χ4v) is 2.66. The standard InChI is InChI=1S/C13H14F6O4/c14-12(15,16)11(13(17,18)19,8-4-2-1-3-5-8)23-10(22)7-6-9(20)21/h6-8H,1-5H2,(H,20,21). The summed E-state index contributed by atoms with van der Waals surface area (Å²) in [5, 5.41) is 8.29. The Labute approximate surface area is 127 Å². The molecule has 1 aliphatic rings. The average molecular weight is 348 g/mol. The van der Waals surface area contributed by atoms with Crippen LogP contribution in [-0.4, -0.2) is 35.0 Å². The summed E-state index contributed by atoms with van der Waals surface area (Å²) in [6.45, 7) is 0. The number of carbonyl (C=O) groups excluding carboxylic acids is 1. The largest absolute Gasteiger partial charge is 0.478 e. The van der Waals surface area contributed by atoms with Gasteiger partial charge in [0.2, 0.25) is 0 Å². The molecule has 0 aromatic carbocycles. The number of rotatable bonds is 4. The Kier molecular flexibility index (Phi) is 5.70. The smallest absolute Gasteiger partial charge is 0.437 e. The van der Waals surface area contributed by atoms with Crippen LogP contribution in [0.15, 0.2) is 12.2 Å². The topological polar surface area (TPSA) is 63.6 Å². The minimum atomic E-state index is -5.88. The highest BCUT2D eigenvalue weighted by Crippen LogP contribution is 2.54. The lowest BCUT2D eigenvalue weighted by Crippen LogP contribution is -2.64. The zero-order chi connectivity index (χ0) is 17.9. The van der Waals surface area contributed by atoms with E-state index in [1.54, 1.807) is 0 Å². The molecular weight excluding hydrogens is 334 g/mol. The van der Waals surface area contributed by atoms with Gasteiger partial charge in [0.15, 0.2) is 0 Å². The molecule has 0 saturated heterocycles. The van der Waals surface area contributed by atoms with E-state index in [1.165, 1.54) is 0 Å². The van der Waals surface area contributed by atoms with Crippen LogP contribution in [0.3, 0.4) is 0 Å². The molecule has 0 radical (unpaired) electrons. The van der Waals surface area contributed by atoms with E-state index < -0.39 is 48.7 Å². The Bertz CT molecular complexity index is 460. The van der Waals surface area contributed by atoms with E-state index in [2.05, 4.69) is 4.74 Å². The zero-order valence-corrected chi connectivity index (χ0v) is 11.7. The average Bonchev–Trinajstić information content (AvgIpc) is 2.40. The third-order valence-electron chi connectivity index (χ3n) is 3.65. The van der Waals surface area contributed by atoms with Crippen LogP contribution in [0, 0.1) is 5.92 Å². The second-order valence-electron chi connectivity index (χ2n) is 5.16. The number of ether oxygens (including phenoxy) is 1. The number of esters is 1. The summed E-state index contributed by atoms with van der Waals surface area (Å²) in [5.74, 6) is -5.67. The Morgan fingerprint density at radius 1 is 0.913 bits per heavy atom. The maximum Gasteiger partial charge on any atom is 0.437 e. The van der Waals surface area contributed by atoms with Crippen molar-refractivity contribution in [2.75, 3.05) is 0 Å². The van der Waals surface area contributed by atoms with Gasteiger partial charge >= 0.3 is 29.9 Å². The molecule has 1 N–H and O–H groups in total. The lowest BCUT2D eigenvalue weighted by molar-refractivity contribution is -0.387. The number of carboxylic acids is 1. The van der Waals surface area contributed by atoms with Gasteiger partial charge in [-0.25, -0.2) is 9.59 Å². The van der Waals surface area contributed by atoms with Gasteiger partial charge in [0.05, 0.1) is 0 Å². The van der Waals surface area contributed by atoms with Crippen LogP contribution in [-0.2, 0) is 14.3 Å². The van der Waals surface area contributed by atoms with Crippen molar-refractivity contribution in [3.8, 4) is 0 Å². The minimum absolute atomic E-state index is 0.0252. The summed E-state index contributed by atoms with van der Waals surface area (Å²) in [7, 11) is 0. The molecule has 1 saturated carbocycles. The third kappa shape index (κ3) is 4.17. The molecule has 1 rings (SSSR count). The maximum absolute atomic E-state index is 13.3. The fraction of sp³-hybridized carbons (Fsp3) is 0.692. The van der Waals surface area contributed by atoms with Gasteiger partial charge in [0.25, 0.3) is 0 Å². The third-order valence-corrected chi connectivity index (χ3v) is 3.65. The van der Waals surface area contributed by atoms with Crippen molar-refractivity contribution in [3.05, 3.63) is 12.2 Å². The zero-order valence-electron chi connectivity index (χ0n) is 11.7. The van der Waals surface area contributed by atoms with E-state index in [0.717, 1.165) is 0 Å². The van der Waals surface area contributed by atoms with Crippen LogP contribution in [0.5, 0.6) is 0 Å². The first-order valence-corrected chi connectivity index (χ1v) is 6.69. The van der Waals surface area contributed by atoms with Gasteiger partial charge in [0, 0.05) is 18.1 Å². The van der Waals surface area contributed by atoms with Crippen molar-refractivity contribution in [1.29, 1.82) is 0 Å². The molecule has 23 heavy (non-hydrogen) atoms. The molecule has 0 aromatic rings. The van der Waals surface area contributed by atoms with Crippen LogP contribution in [0.4, 0.5) is 26.3 Å². The van der Waals surface area contributed by atoms with Gasteiger partial charge in [-0.15, -0.1) is 0 Å². The molecule has 1 aliphatic carbocycles. The molecule has 10 heteroatoms. The number of hydrogen-bond donors (Lipinski definition) is 1. The van der Waals surface area contributed by atoms with Crippen LogP contribution >= 0.6 is 0 Å². The van der Waals surface area contributed by atoms with Crippen molar-refractivity contribution >= 4 is 11.9 Å². The van der Waals surface area contributed by atoms with E-state index in [1.807, 2.05) is 0 Å². The van der Waals surface area contributed by atoms with Crippen LogP contribution in [0.1, 0.15) is 32.1 Å². The van der Waals surface area contributed by atoms with E-state index in [4.69, 9.17) is 5.11 Å². The predicted molar refractivity (Wildman–Crippen MR) is 64.3 cm³/mol. The highest BCUT2D eigenvalue weighted by molar-refractivity contribution is 5.91. The van der Waals surface area contributed by atoms with Crippen molar-refractivity contribution in [3.63, 3.8) is 0 Å². The number of carboxylic acid groups (broad SMARTS) is 1. The summed E-state index contributed by atoms with van der Waals surface area (Å²) in [6.07, 6.45) is -11.6. The van der Waals surface area contributed by atoms with Crippen LogP contribution < -0.4 is 0 Å². The number of aliphatic carboxylic acids is 1. The molecule has 0 aromatic heterocycles. The molecule has 0 heterocycles. The Morgan fingerprint density at radius 3 is 1.78 bits per heavy atom. The van der Waals surface area contributed by atoms with Gasteiger partial charge in [0.1, 0.15) is 0 Å². The van der Waals surface area contributed by atoms with Crippen LogP contribution in [0.25, 0.3) is 0 Å². The highest BCUT2D eigenvalue weighted by Gasteiger charge is 2.77. The van der Waals surface area contributed by atoms with Gasteiger partial charge < -0.3 is 9.84 Å². The Hall–Kier alpha value is -1.74. The molecule has 4 nitrogen and oxygen atoms in total. The highest BCUT2D eigenvalue weighted by atomic mass is 19.4. The van der Waals surface area contributed by atoms with E-state index in [-0.39, 0.29) is 25.0 Å². The quantitative estimate of drug-likeness (QED) is 0.479. The van der Waals surface area contributed by atoms with Crippen LogP contribution in [0.2, 0.25) is 0 Å². The first-order chi connectivity index (χ1) is 10.4. The van der Waals surface area contributed by atoms with E-state index >= 15 is 0 Å². The number of hydrogen-bond acceptors (Lipinski definition) is 3. The normalized spacial score (nSPS) is 18.2. The van der Waals surface area contributed by atoms with Gasteiger partial charge in [-0.2, -0.15) is 26.3 Å². The summed E-state index contributed by atoms with van der Waals surface area (Å²) in [4.78, 5) is 21.6. The first kappa shape index (κ1) is 19.3. The number of carbonyl (C=O) groups is 2. The van der Waals surface area contributed by atoms with Crippen molar-refractivity contribution in [2.45, 2.75) is 50.1 Å². The summed E-state index contributed by atoms with van der Waals surface area (Å²) in [6, 6.07) is 0. The summed E-state index contributed by atoms with van der Waals surface area (Å²) < 4.78 is 83.5. The minimum Gasteiger partial charge on any atom is -0.478 e. The van der Waals surface area contributed by atoms with Gasteiger partial charge in [-0.05, 0) is 12.8 Å². The molecule has 0 spiro atoms. The molecule has 0 amide bonds. The maximum atomic E-state index is 13.3. The molecular formula is C13H14F6O4. The number of alkyl halides is 6. The molecule has 0 bridgehead atoms. The second-order valence-corrected chi connectivity index (χ2v) is 5.16. The molecule has 1 fully saturated rings. The SMILES string of the molecule is O=C(O)C=CC(=O)OC(C1CCCCC1)(C(F)(F)F)C(F)(F)F. The lowest BCUT2D eigenvalue weighted by atomic mass is 9.75. The van der Waals surface area contributed by atoms with Crippen molar-refractivity contribution in [1.82, 2.24) is 0 Å². The lowest BCUT2D eigenvalue weighted by Gasteiger charge is -2.43. The summed E-state index contributed by atoms with van der Waals surface area (Å²) in [5.41, 5.74) is -4.64. The molecule has 0 atom stereocenters. The van der Waals surface area contributed by atoms with Crippen molar-refractivity contribution < 1.29 is 45.8 Å². The van der Waals surface area contributed by atoms with Crippen molar-refractivity contribution in [2.24, 2.45) is 5.92 Å².